The quantitative estimate of drug-likeness (QED) is 0.777. The molecule has 1 aromatic heterocycles. The van der Waals surface area contributed by atoms with Crippen molar-refractivity contribution in [3.8, 4) is 5.75 Å². The second-order valence-corrected chi connectivity index (χ2v) is 3.82. The lowest BCUT2D eigenvalue weighted by atomic mass is 10.1. The Balaban J connectivity index is 1.88. The van der Waals surface area contributed by atoms with Crippen LogP contribution in [0.4, 0.5) is 0 Å². The lowest BCUT2D eigenvalue weighted by Gasteiger charge is -2.23. The lowest BCUT2D eigenvalue weighted by Crippen LogP contribution is -2.38. The highest BCUT2D eigenvalue weighted by atomic mass is 16.5. The Hall–Kier alpha value is -1.56. The minimum absolute atomic E-state index is 0.0243. The standard InChI is InChI=1S/C10H15N3O3/c14-10(15)7-13-6-8(5-12-13)16-9-3-1-2-4-11-9/h5-6,9,11H,1-4,7H2,(H,14,15). The third-order valence-corrected chi connectivity index (χ3v) is 2.45. The zero-order valence-electron chi connectivity index (χ0n) is 8.93. The molecule has 0 aliphatic carbocycles. The molecule has 1 unspecified atom stereocenters. The Morgan fingerprint density at radius 3 is 3.25 bits per heavy atom. The van der Waals surface area contributed by atoms with Crippen LogP contribution in [0.3, 0.4) is 0 Å². The van der Waals surface area contributed by atoms with Gasteiger partial charge in [-0.15, -0.1) is 0 Å². The molecular weight excluding hydrogens is 210 g/mol. The number of hydrogen-bond donors (Lipinski definition) is 2. The molecule has 0 saturated carbocycles. The number of rotatable bonds is 4. The summed E-state index contributed by atoms with van der Waals surface area (Å²) < 4.78 is 6.98. The summed E-state index contributed by atoms with van der Waals surface area (Å²) in [7, 11) is 0. The lowest BCUT2D eigenvalue weighted by molar-refractivity contribution is -0.137. The number of nitrogens with one attached hydrogen (secondary N) is 1. The van der Waals surface area contributed by atoms with E-state index in [2.05, 4.69) is 10.4 Å². The fourth-order valence-electron chi connectivity index (χ4n) is 1.72. The van der Waals surface area contributed by atoms with E-state index in [0.29, 0.717) is 5.75 Å². The van der Waals surface area contributed by atoms with Crippen LogP contribution in [0.5, 0.6) is 5.75 Å². The monoisotopic (exact) mass is 225 g/mol. The molecule has 1 atom stereocenters. The topological polar surface area (TPSA) is 76.4 Å². The molecule has 0 bridgehead atoms. The van der Waals surface area contributed by atoms with Crippen molar-refractivity contribution >= 4 is 5.97 Å². The fourth-order valence-corrected chi connectivity index (χ4v) is 1.72. The van der Waals surface area contributed by atoms with Crippen LogP contribution >= 0.6 is 0 Å². The van der Waals surface area contributed by atoms with Crippen molar-refractivity contribution in [2.45, 2.75) is 32.0 Å². The molecule has 1 saturated heterocycles. The van der Waals surface area contributed by atoms with Crippen LogP contribution in [-0.4, -0.2) is 33.6 Å². The molecule has 1 aliphatic rings. The highest BCUT2D eigenvalue weighted by molar-refractivity contribution is 5.66. The number of carboxylic acids is 1. The Bertz CT molecular complexity index is 358. The van der Waals surface area contributed by atoms with E-state index in [4.69, 9.17) is 9.84 Å². The van der Waals surface area contributed by atoms with E-state index in [9.17, 15) is 4.79 Å². The maximum atomic E-state index is 10.5. The van der Waals surface area contributed by atoms with Crippen LogP contribution in [0.15, 0.2) is 12.4 Å². The van der Waals surface area contributed by atoms with Gasteiger partial charge in [0.05, 0.1) is 12.4 Å². The van der Waals surface area contributed by atoms with Crippen molar-refractivity contribution < 1.29 is 14.6 Å². The first-order valence-corrected chi connectivity index (χ1v) is 5.38. The van der Waals surface area contributed by atoms with Crippen LogP contribution in [0.25, 0.3) is 0 Å². The van der Waals surface area contributed by atoms with Gasteiger partial charge < -0.3 is 9.84 Å². The van der Waals surface area contributed by atoms with Gasteiger partial charge in [0.15, 0.2) is 5.75 Å². The molecule has 0 aromatic carbocycles. The summed E-state index contributed by atoms with van der Waals surface area (Å²) in [6, 6.07) is 0. The normalized spacial score (nSPS) is 20.6. The average molecular weight is 225 g/mol. The van der Waals surface area contributed by atoms with E-state index < -0.39 is 5.97 Å². The second kappa shape index (κ2) is 4.98. The Morgan fingerprint density at radius 1 is 1.69 bits per heavy atom. The number of carbonyl (C=O) groups is 1. The maximum absolute atomic E-state index is 10.5. The zero-order chi connectivity index (χ0) is 11.4. The summed E-state index contributed by atoms with van der Waals surface area (Å²) in [5.41, 5.74) is 0. The van der Waals surface area contributed by atoms with Gasteiger partial charge in [-0.25, -0.2) is 0 Å². The summed E-state index contributed by atoms with van der Waals surface area (Å²) in [5, 5.41) is 15.7. The van der Waals surface area contributed by atoms with Gasteiger partial charge in [0.2, 0.25) is 0 Å². The SMILES string of the molecule is O=C(O)Cn1cc(OC2CCCCN2)cn1. The third kappa shape index (κ3) is 2.96. The van der Waals surface area contributed by atoms with Crippen molar-refractivity contribution in [2.24, 2.45) is 0 Å². The maximum Gasteiger partial charge on any atom is 0.325 e. The van der Waals surface area contributed by atoms with Crippen LogP contribution in [-0.2, 0) is 11.3 Å². The van der Waals surface area contributed by atoms with Crippen LogP contribution < -0.4 is 10.1 Å². The molecule has 1 aromatic rings. The summed E-state index contributed by atoms with van der Waals surface area (Å²) >= 11 is 0. The van der Waals surface area contributed by atoms with Crippen LogP contribution in [0.1, 0.15) is 19.3 Å². The Morgan fingerprint density at radius 2 is 2.56 bits per heavy atom. The summed E-state index contributed by atoms with van der Waals surface area (Å²) in [5.74, 6) is -0.300. The molecule has 2 rings (SSSR count). The fraction of sp³-hybridized carbons (Fsp3) is 0.600. The average Bonchev–Trinajstić information content (AvgIpc) is 2.66. The highest BCUT2D eigenvalue weighted by Gasteiger charge is 2.14. The van der Waals surface area contributed by atoms with E-state index in [1.54, 1.807) is 12.4 Å². The van der Waals surface area contributed by atoms with E-state index in [0.717, 1.165) is 19.4 Å². The van der Waals surface area contributed by atoms with E-state index in [1.807, 2.05) is 0 Å². The van der Waals surface area contributed by atoms with Gasteiger partial charge in [0, 0.05) is 0 Å². The van der Waals surface area contributed by atoms with Gasteiger partial charge in [0.1, 0.15) is 12.8 Å². The molecule has 6 nitrogen and oxygen atoms in total. The van der Waals surface area contributed by atoms with Gasteiger partial charge in [-0.05, 0) is 25.8 Å². The van der Waals surface area contributed by atoms with Gasteiger partial charge in [-0.1, -0.05) is 0 Å². The molecule has 2 N–H and O–H groups in total. The zero-order valence-corrected chi connectivity index (χ0v) is 8.93. The van der Waals surface area contributed by atoms with Crippen molar-refractivity contribution in [1.82, 2.24) is 15.1 Å². The minimum atomic E-state index is -0.912. The molecule has 16 heavy (non-hydrogen) atoms. The predicted octanol–water partition coefficient (Wildman–Crippen LogP) is 0.446. The van der Waals surface area contributed by atoms with E-state index in [1.165, 1.54) is 11.1 Å². The first-order valence-electron chi connectivity index (χ1n) is 5.38. The molecule has 2 heterocycles. The number of nitrogens with zero attached hydrogens (tertiary/aromatic N) is 2. The van der Waals surface area contributed by atoms with E-state index >= 15 is 0 Å². The minimum Gasteiger partial charge on any atom is -0.480 e. The number of carboxylic acid groups (broad SMARTS) is 1. The predicted molar refractivity (Wildman–Crippen MR) is 56.1 cm³/mol. The van der Waals surface area contributed by atoms with Crippen LogP contribution in [0, 0.1) is 0 Å². The first kappa shape index (κ1) is 10.9. The van der Waals surface area contributed by atoms with Crippen molar-refractivity contribution in [3.63, 3.8) is 0 Å². The van der Waals surface area contributed by atoms with Gasteiger partial charge in [-0.2, -0.15) is 5.10 Å². The summed E-state index contributed by atoms with van der Waals surface area (Å²) in [6.45, 7) is 0.829. The Labute approximate surface area is 93.2 Å². The summed E-state index contributed by atoms with van der Waals surface area (Å²) in [4.78, 5) is 10.5. The second-order valence-electron chi connectivity index (χ2n) is 3.82. The highest BCUT2D eigenvalue weighted by Crippen LogP contribution is 2.14. The molecule has 0 amide bonds. The van der Waals surface area contributed by atoms with Crippen molar-refractivity contribution in [3.05, 3.63) is 12.4 Å². The van der Waals surface area contributed by atoms with Crippen molar-refractivity contribution in [2.75, 3.05) is 6.54 Å². The smallest absolute Gasteiger partial charge is 0.325 e. The molecule has 88 valence electrons. The van der Waals surface area contributed by atoms with Gasteiger partial charge in [0.25, 0.3) is 0 Å². The molecule has 1 fully saturated rings. The largest absolute Gasteiger partial charge is 0.480 e. The molecular formula is C10H15N3O3. The number of aromatic nitrogens is 2. The first-order chi connectivity index (χ1) is 7.74. The third-order valence-electron chi connectivity index (χ3n) is 2.45. The number of piperidine rings is 1. The number of aliphatic carboxylic acids is 1. The molecule has 0 spiro atoms. The van der Waals surface area contributed by atoms with E-state index in [-0.39, 0.29) is 12.8 Å². The van der Waals surface area contributed by atoms with Gasteiger partial charge in [-0.3, -0.25) is 14.8 Å². The molecule has 6 heteroatoms. The molecule has 1 aliphatic heterocycles. The number of hydrogen-bond acceptors (Lipinski definition) is 4. The number of ether oxygens (including phenoxy) is 1. The summed E-state index contributed by atoms with van der Waals surface area (Å²) in [6.07, 6.45) is 6.48. The van der Waals surface area contributed by atoms with Crippen molar-refractivity contribution in [1.29, 1.82) is 0 Å². The van der Waals surface area contributed by atoms with Crippen LogP contribution in [0.2, 0.25) is 0 Å². The Kier molecular flexibility index (Phi) is 3.40. The molecule has 0 radical (unpaired) electrons. The van der Waals surface area contributed by atoms with Gasteiger partial charge >= 0.3 is 5.97 Å².